The summed E-state index contributed by atoms with van der Waals surface area (Å²) in [6.07, 6.45) is -0.110. The average Bonchev–Trinajstić information content (AvgIpc) is 3.10. The molecule has 7 nitrogen and oxygen atoms in total. The topological polar surface area (TPSA) is 88.8 Å². The highest BCUT2D eigenvalue weighted by Crippen LogP contribution is 2.27. The Morgan fingerprint density at radius 3 is 3.00 bits per heavy atom. The summed E-state index contributed by atoms with van der Waals surface area (Å²) in [4.78, 5) is 29.7. The van der Waals surface area contributed by atoms with Gasteiger partial charge in [0.25, 0.3) is 0 Å². The van der Waals surface area contributed by atoms with Crippen LogP contribution < -0.4 is 5.73 Å². The summed E-state index contributed by atoms with van der Waals surface area (Å²) < 4.78 is 21.8. The molecule has 2 aromatic rings. The van der Waals surface area contributed by atoms with Crippen LogP contribution in [0.2, 0.25) is 5.02 Å². The van der Waals surface area contributed by atoms with Crippen LogP contribution in [0.25, 0.3) is 0 Å². The fraction of sp³-hybridized carbons (Fsp3) is 0.421. The molecule has 1 atom stereocenters. The van der Waals surface area contributed by atoms with Crippen molar-refractivity contribution in [1.29, 1.82) is 0 Å². The first-order valence-corrected chi connectivity index (χ1v) is 11.3. The van der Waals surface area contributed by atoms with Crippen LogP contribution in [0.1, 0.15) is 18.2 Å². The van der Waals surface area contributed by atoms with Crippen molar-refractivity contribution < 1.29 is 18.7 Å². The molecule has 30 heavy (non-hydrogen) atoms. The van der Waals surface area contributed by atoms with E-state index in [0.717, 1.165) is 12.1 Å². The number of hydrogen-bond donors (Lipinski definition) is 1. The number of ether oxygens (including phenoxy) is 1. The fourth-order valence-corrected chi connectivity index (χ4v) is 4.99. The summed E-state index contributed by atoms with van der Waals surface area (Å²) >= 11 is 8.33. The molecule has 0 unspecified atom stereocenters. The summed E-state index contributed by atoms with van der Waals surface area (Å²) in [6.45, 7) is 4.30. The van der Waals surface area contributed by atoms with Gasteiger partial charge in [0.15, 0.2) is 4.34 Å². The molecule has 1 aliphatic heterocycles. The maximum absolute atomic E-state index is 13.7. The van der Waals surface area contributed by atoms with Gasteiger partial charge in [-0.3, -0.25) is 18.8 Å². The number of morpholine rings is 1. The average molecular weight is 473 g/mol. The normalized spacial score (nSPS) is 17.1. The van der Waals surface area contributed by atoms with Gasteiger partial charge in [0.1, 0.15) is 5.82 Å². The second-order valence-electron chi connectivity index (χ2n) is 6.90. The first kappa shape index (κ1) is 23.0. The molecule has 0 spiro atoms. The largest absolute Gasteiger partial charge is 0.374 e. The molecular formula is C19H22ClFN4O3S2. The molecule has 162 valence electrons. The van der Waals surface area contributed by atoms with Gasteiger partial charge in [-0.1, -0.05) is 17.7 Å². The zero-order valence-electron chi connectivity index (χ0n) is 16.3. The monoisotopic (exact) mass is 472 g/mol. The third-order valence-corrected chi connectivity index (χ3v) is 6.78. The van der Waals surface area contributed by atoms with Crippen molar-refractivity contribution in [1.82, 2.24) is 14.2 Å². The molecule has 1 aromatic carbocycles. The number of nitrogens with zero attached hydrogens (tertiary/aromatic N) is 3. The van der Waals surface area contributed by atoms with E-state index in [9.17, 15) is 14.0 Å². The molecule has 1 aromatic heterocycles. The van der Waals surface area contributed by atoms with Crippen LogP contribution >= 0.6 is 34.9 Å². The second kappa shape index (κ2) is 10.5. The minimum absolute atomic E-state index is 0.0725. The Bertz CT molecular complexity index is 914. The van der Waals surface area contributed by atoms with Gasteiger partial charge in [-0.2, -0.15) is 0 Å². The first-order chi connectivity index (χ1) is 14.3. The quantitative estimate of drug-likeness (QED) is 0.594. The summed E-state index contributed by atoms with van der Waals surface area (Å²) in [5.41, 5.74) is 6.62. The number of primary amides is 1. The number of hydrogen-bond acceptors (Lipinski definition) is 7. The smallest absolute Gasteiger partial charge is 0.229 e. The highest BCUT2D eigenvalue weighted by Gasteiger charge is 2.25. The fourth-order valence-electron chi connectivity index (χ4n) is 3.03. The third kappa shape index (κ3) is 6.64. The van der Waals surface area contributed by atoms with Gasteiger partial charge in [-0.15, -0.1) is 11.3 Å². The Morgan fingerprint density at radius 1 is 1.50 bits per heavy atom. The molecule has 2 N–H and O–H groups in total. The van der Waals surface area contributed by atoms with Crippen molar-refractivity contribution >= 4 is 46.7 Å². The molecule has 11 heteroatoms. The van der Waals surface area contributed by atoms with Crippen LogP contribution in [0.5, 0.6) is 0 Å². The van der Waals surface area contributed by atoms with Crippen LogP contribution in [-0.4, -0.2) is 58.3 Å². The van der Waals surface area contributed by atoms with E-state index in [1.807, 2.05) is 0 Å². The van der Waals surface area contributed by atoms with Crippen molar-refractivity contribution in [3.63, 3.8) is 0 Å². The van der Waals surface area contributed by atoms with Crippen LogP contribution in [-0.2, 0) is 27.3 Å². The lowest BCUT2D eigenvalue weighted by atomic mass is 10.2. The number of carbonyl (C=O) groups excluding carboxylic acids is 2. The van der Waals surface area contributed by atoms with Gasteiger partial charge in [-0.25, -0.2) is 9.37 Å². The van der Waals surface area contributed by atoms with E-state index in [-0.39, 0.29) is 23.5 Å². The predicted octanol–water partition coefficient (Wildman–Crippen LogP) is 2.72. The zero-order chi connectivity index (χ0) is 21.7. The van der Waals surface area contributed by atoms with Crippen LogP contribution in [0.3, 0.4) is 0 Å². The van der Waals surface area contributed by atoms with Gasteiger partial charge in [0.2, 0.25) is 11.8 Å². The SMILES string of the molecule is CC(=O)N(C[C@@H]1CN(Cc2ccc(Cl)c(F)c2)CCO1)Sc1nc(CC(N)=O)cs1. The van der Waals surface area contributed by atoms with E-state index in [4.69, 9.17) is 22.1 Å². The van der Waals surface area contributed by atoms with Gasteiger partial charge >= 0.3 is 0 Å². The molecule has 0 radical (unpaired) electrons. The van der Waals surface area contributed by atoms with Gasteiger partial charge in [0, 0.05) is 43.9 Å². The molecule has 3 rings (SSSR count). The van der Waals surface area contributed by atoms with Crippen LogP contribution in [0.4, 0.5) is 4.39 Å². The van der Waals surface area contributed by atoms with Crippen LogP contribution in [0, 0.1) is 5.82 Å². The first-order valence-electron chi connectivity index (χ1n) is 9.27. The Balaban J connectivity index is 1.58. The number of carbonyl (C=O) groups is 2. The summed E-state index contributed by atoms with van der Waals surface area (Å²) in [6, 6.07) is 4.80. The minimum atomic E-state index is -0.448. The van der Waals surface area contributed by atoms with Gasteiger partial charge in [-0.05, 0) is 17.7 Å². The van der Waals surface area contributed by atoms with Crippen molar-refractivity contribution in [2.45, 2.75) is 30.3 Å². The molecule has 1 saturated heterocycles. The highest BCUT2D eigenvalue weighted by atomic mass is 35.5. The molecule has 1 aliphatic rings. The standard InChI is InChI=1S/C19H22ClFN4O3S2/c1-12(26)25(30-19-23-14(11-29-19)7-18(22)27)10-15-9-24(4-5-28-15)8-13-2-3-16(20)17(21)6-13/h2-3,6,11,15H,4-5,7-10H2,1H3,(H2,22,27)/t15-/m0/s1. The lowest BCUT2D eigenvalue weighted by Crippen LogP contribution is -2.46. The molecule has 1 fully saturated rings. The van der Waals surface area contributed by atoms with E-state index in [1.165, 1.54) is 36.3 Å². The van der Waals surface area contributed by atoms with Crippen molar-refractivity contribution in [3.05, 3.63) is 45.7 Å². The van der Waals surface area contributed by atoms with Crippen molar-refractivity contribution in [2.24, 2.45) is 5.73 Å². The predicted molar refractivity (Wildman–Crippen MR) is 115 cm³/mol. The lowest BCUT2D eigenvalue weighted by Gasteiger charge is -2.35. The number of benzene rings is 1. The second-order valence-corrected chi connectivity index (χ2v) is 9.43. The summed E-state index contributed by atoms with van der Waals surface area (Å²) in [7, 11) is 0. The van der Waals surface area contributed by atoms with Gasteiger partial charge in [0.05, 0.1) is 36.4 Å². The summed E-state index contributed by atoms with van der Waals surface area (Å²) in [5, 5.41) is 1.86. The molecule has 0 bridgehead atoms. The Labute approximate surface area is 187 Å². The van der Waals surface area contributed by atoms with E-state index >= 15 is 0 Å². The minimum Gasteiger partial charge on any atom is -0.374 e. The van der Waals surface area contributed by atoms with E-state index in [2.05, 4.69) is 9.88 Å². The lowest BCUT2D eigenvalue weighted by molar-refractivity contribution is -0.126. The number of aromatic nitrogens is 1. The number of halogens is 2. The summed E-state index contributed by atoms with van der Waals surface area (Å²) in [5.74, 6) is -0.999. The maximum Gasteiger partial charge on any atom is 0.229 e. The van der Waals surface area contributed by atoms with E-state index in [1.54, 1.807) is 21.8 Å². The van der Waals surface area contributed by atoms with E-state index in [0.29, 0.717) is 36.3 Å². The zero-order valence-corrected chi connectivity index (χ0v) is 18.7. The molecule has 2 heterocycles. The third-order valence-electron chi connectivity index (χ3n) is 4.41. The van der Waals surface area contributed by atoms with Crippen molar-refractivity contribution in [3.8, 4) is 0 Å². The molecular weight excluding hydrogens is 451 g/mol. The number of nitrogens with two attached hydrogens (primary N) is 1. The molecule has 0 saturated carbocycles. The van der Waals surface area contributed by atoms with E-state index < -0.39 is 11.7 Å². The number of rotatable bonds is 8. The molecule has 0 aliphatic carbocycles. The van der Waals surface area contributed by atoms with Gasteiger partial charge < -0.3 is 10.5 Å². The Hall–Kier alpha value is -1.72. The molecule has 2 amide bonds. The van der Waals surface area contributed by atoms with Crippen LogP contribution in [0.15, 0.2) is 27.9 Å². The maximum atomic E-state index is 13.7. The Kier molecular flexibility index (Phi) is 8.06. The Morgan fingerprint density at radius 2 is 2.30 bits per heavy atom. The van der Waals surface area contributed by atoms with Crippen molar-refractivity contribution in [2.75, 3.05) is 26.2 Å². The highest BCUT2D eigenvalue weighted by molar-refractivity contribution is 7.99. The number of thiazole rings is 1. The number of amides is 2.